The van der Waals surface area contributed by atoms with Crippen molar-refractivity contribution in [1.82, 2.24) is 29.9 Å². The largest absolute Gasteiger partial charge is 0.497 e. The second-order valence-electron chi connectivity index (χ2n) is 14.8. The van der Waals surface area contributed by atoms with Crippen molar-refractivity contribution in [1.29, 1.82) is 0 Å². The molecule has 0 bridgehead atoms. The molecule has 5 aromatic rings. The van der Waals surface area contributed by atoms with Crippen LogP contribution in [0.2, 0.25) is 0 Å². The monoisotopic (exact) mass is 758 g/mol. The third-order valence-corrected chi connectivity index (χ3v) is 10.9. The Hall–Kier alpha value is -5.30. The lowest BCUT2D eigenvalue weighted by atomic mass is 9.99. The summed E-state index contributed by atoms with van der Waals surface area (Å²) in [4.78, 5) is 36.5. The van der Waals surface area contributed by atoms with Gasteiger partial charge in [0.25, 0.3) is 5.91 Å². The molecule has 2 amide bonds. The molecule has 4 N–H and O–H groups in total. The molecule has 4 heterocycles. The smallest absolute Gasteiger partial charge is 0.254 e. The number of ether oxygens (including phenoxy) is 2. The van der Waals surface area contributed by atoms with Gasteiger partial charge in [-0.2, -0.15) is 5.10 Å². The number of nitrogens with one attached hydrogen (secondary N) is 2. The van der Waals surface area contributed by atoms with Crippen LogP contribution < -0.4 is 21.1 Å². The highest BCUT2D eigenvalue weighted by molar-refractivity contribution is 5.99. The van der Waals surface area contributed by atoms with Crippen LogP contribution in [0.1, 0.15) is 76.2 Å². The summed E-state index contributed by atoms with van der Waals surface area (Å²) in [6.07, 6.45) is 5.43. The van der Waals surface area contributed by atoms with Crippen molar-refractivity contribution >= 4 is 28.5 Å². The van der Waals surface area contributed by atoms with Crippen molar-refractivity contribution < 1.29 is 19.1 Å². The fourth-order valence-electron chi connectivity index (χ4n) is 7.88. The van der Waals surface area contributed by atoms with Gasteiger partial charge in [-0.1, -0.05) is 31.2 Å². The molecular formula is C44H54N8O4. The lowest BCUT2D eigenvalue weighted by Gasteiger charge is -2.29. The number of methoxy groups -OCH3 is 1. The summed E-state index contributed by atoms with van der Waals surface area (Å²) in [5.74, 6) is -0.109. The fourth-order valence-corrected chi connectivity index (χ4v) is 7.88. The van der Waals surface area contributed by atoms with Crippen molar-refractivity contribution in [3.63, 3.8) is 0 Å². The molecule has 7 rings (SSSR count). The molecule has 0 unspecified atom stereocenters. The van der Waals surface area contributed by atoms with Gasteiger partial charge in [-0.25, -0.2) is 9.67 Å². The topological polar surface area (TPSA) is 140 Å². The number of hydrogen-bond acceptors (Lipinski definition) is 9. The maximum absolute atomic E-state index is 14.8. The first-order chi connectivity index (χ1) is 27.3. The fraction of sp³-hybridized carbons (Fsp3) is 0.409. The van der Waals surface area contributed by atoms with Gasteiger partial charge in [0.2, 0.25) is 5.91 Å². The number of rotatable bonds is 14. The summed E-state index contributed by atoms with van der Waals surface area (Å²) in [6, 6.07) is 21.7. The molecule has 2 fully saturated rings. The molecule has 2 saturated heterocycles. The van der Waals surface area contributed by atoms with Crippen LogP contribution >= 0.6 is 0 Å². The molecule has 0 radical (unpaired) electrons. The molecule has 0 saturated carbocycles. The number of amides is 2. The first-order valence-corrected chi connectivity index (χ1v) is 19.9. The number of benzene rings is 3. The average molecular weight is 759 g/mol. The van der Waals surface area contributed by atoms with Gasteiger partial charge in [0.15, 0.2) is 5.65 Å². The van der Waals surface area contributed by atoms with E-state index in [-0.39, 0.29) is 30.6 Å². The van der Waals surface area contributed by atoms with Crippen molar-refractivity contribution in [2.45, 2.75) is 71.8 Å². The van der Waals surface area contributed by atoms with Crippen molar-refractivity contribution in [3.05, 3.63) is 106 Å². The van der Waals surface area contributed by atoms with Crippen LogP contribution in [0.3, 0.4) is 0 Å². The number of anilines is 1. The van der Waals surface area contributed by atoms with Gasteiger partial charge >= 0.3 is 0 Å². The molecule has 2 aliphatic heterocycles. The zero-order valence-electron chi connectivity index (χ0n) is 32.9. The lowest BCUT2D eigenvalue weighted by Crippen LogP contribution is -2.33. The van der Waals surface area contributed by atoms with Crippen LogP contribution in [-0.2, 0) is 37.3 Å². The van der Waals surface area contributed by atoms with E-state index in [2.05, 4.69) is 70.9 Å². The Morgan fingerprint density at radius 2 is 1.77 bits per heavy atom. The van der Waals surface area contributed by atoms with Crippen molar-refractivity contribution in [2.24, 2.45) is 5.73 Å². The van der Waals surface area contributed by atoms with E-state index < -0.39 is 5.91 Å². The molecule has 0 spiro atoms. The summed E-state index contributed by atoms with van der Waals surface area (Å²) in [5, 5.41) is 13.0. The molecule has 294 valence electrons. The van der Waals surface area contributed by atoms with E-state index in [1.807, 2.05) is 21.8 Å². The van der Waals surface area contributed by atoms with Crippen LogP contribution in [0.5, 0.6) is 5.75 Å². The standard InChI is InChI=1S/C44H54N8O4/c1-4-40-39(41(48-36-13-19-56-20-14-36)38-26-47-52(5-2)43(38)49-40)29-51(44(54)34-12-7-11-33(24-34)42(45)53)28-31-22-35(25-37(23-31)55-3)32-10-6-9-30(21-32)27-50-17-8-15-46-16-18-50/h6-7,9-12,21-26,36,46H,4-5,8,13-20,27-29H2,1-3H3,(H2,45,53)(H,48,49). The second kappa shape index (κ2) is 18.1. The van der Waals surface area contributed by atoms with Gasteiger partial charge in [0.05, 0.1) is 30.9 Å². The zero-order valence-corrected chi connectivity index (χ0v) is 32.9. The van der Waals surface area contributed by atoms with Crippen LogP contribution in [0.4, 0.5) is 5.69 Å². The molecule has 12 heteroatoms. The number of pyridine rings is 1. The minimum atomic E-state index is -0.586. The van der Waals surface area contributed by atoms with Gasteiger partial charge in [0.1, 0.15) is 5.75 Å². The third-order valence-electron chi connectivity index (χ3n) is 10.9. The predicted molar refractivity (Wildman–Crippen MR) is 220 cm³/mol. The van der Waals surface area contributed by atoms with E-state index >= 15 is 0 Å². The highest BCUT2D eigenvalue weighted by Crippen LogP contribution is 2.34. The predicted octanol–water partition coefficient (Wildman–Crippen LogP) is 6.02. The molecule has 0 aliphatic carbocycles. The number of carbonyl (C=O) groups is 2. The van der Waals surface area contributed by atoms with E-state index in [1.54, 1.807) is 31.4 Å². The first-order valence-electron chi connectivity index (χ1n) is 19.9. The Labute approximate surface area is 329 Å². The van der Waals surface area contributed by atoms with Crippen LogP contribution in [0.25, 0.3) is 22.2 Å². The normalized spacial score (nSPS) is 15.4. The Morgan fingerprint density at radius 3 is 2.55 bits per heavy atom. The summed E-state index contributed by atoms with van der Waals surface area (Å²) in [5.41, 5.74) is 14.2. The Balaban J connectivity index is 1.29. The number of aryl methyl sites for hydroxylation is 2. The van der Waals surface area contributed by atoms with Crippen LogP contribution in [-0.4, -0.2) is 88.9 Å². The quantitative estimate of drug-likeness (QED) is 0.124. The van der Waals surface area contributed by atoms with E-state index in [0.29, 0.717) is 37.5 Å². The molecule has 2 aliphatic rings. The minimum absolute atomic E-state index is 0.201. The Morgan fingerprint density at radius 1 is 0.964 bits per heavy atom. The maximum atomic E-state index is 14.8. The number of nitrogens with zero attached hydrogens (tertiary/aromatic N) is 5. The second-order valence-corrected chi connectivity index (χ2v) is 14.8. The van der Waals surface area contributed by atoms with E-state index in [4.69, 9.17) is 20.2 Å². The highest BCUT2D eigenvalue weighted by atomic mass is 16.5. The molecule has 12 nitrogen and oxygen atoms in total. The first kappa shape index (κ1) is 39.0. The Bertz CT molecular complexity index is 2150. The number of hydrogen-bond donors (Lipinski definition) is 3. The Kier molecular flexibility index (Phi) is 12.6. The molecule has 56 heavy (non-hydrogen) atoms. The summed E-state index contributed by atoms with van der Waals surface area (Å²) < 4.78 is 13.5. The van der Waals surface area contributed by atoms with Gasteiger partial charge in [0, 0.05) is 74.4 Å². The van der Waals surface area contributed by atoms with Gasteiger partial charge in [-0.15, -0.1) is 0 Å². The van der Waals surface area contributed by atoms with Gasteiger partial charge < -0.3 is 30.7 Å². The number of carbonyl (C=O) groups excluding carboxylic acids is 2. The van der Waals surface area contributed by atoms with E-state index in [0.717, 1.165) is 96.7 Å². The van der Waals surface area contributed by atoms with E-state index in [1.165, 1.54) is 5.56 Å². The van der Waals surface area contributed by atoms with Crippen LogP contribution in [0.15, 0.2) is 72.9 Å². The number of fused-ring (bicyclic) bond motifs is 1. The molecule has 2 aromatic heterocycles. The number of aromatic nitrogens is 3. The summed E-state index contributed by atoms with van der Waals surface area (Å²) in [7, 11) is 1.67. The van der Waals surface area contributed by atoms with Crippen LogP contribution in [0, 0.1) is 0 Å². The minimum Gasteiger partial charge on any atom is -0.497 e. The molecule has 0 atom stereocenters. The SMILES string of the molecule is CCc1nc2c(cnn2CC)c(NC2CCOCC2)c1CN(Cc1cc(OC)cc(-c2cccc(CN3CCCNCC3)c2)c1)C(=O)c1cccc(C(N)=O)c1. The lowest BCUT2D eigenvalue weighted by molar-refractivity contribution is 0.0729. The maximum Gasteiger partial charge on any atom is 0.254 e. The van der Waals surface area contributed by atoms with Gasteiger partial charge in [-0.05, 0) is 110 Å². The van der Waals surface area contributed by atoms with Crippen molar-refractivity contribution in [3.8, 4) is 16.9 Å². The number of nitrogens with two attached hydrogens (primary N) is 1. The average Bonchev–Trinajstić information content (AvgIpc) is 3.47. The zero-order chi connectivity index (χ0) is 39.0. The number of primary amides is 1. The van der Waals surface area contributed by atoms with E-state index in [9.17, 15) is 9.59 Å². The molecular weight excluding hydrogens is 705 g/mol. The van der Waals surface area contributed by atoms with Gasteiger partial charge in [-0.3, -0.25) is 14.5 Å². The third kappa shape index (κ3) is 9.04. The summed E-state index contributed by atoms with van der Waals surface area (Å²) >= 11 is 0. The highest BCUT2D eigenvalue weighted by Gasteiger charge is 2.26. The summed E-state index contributed by atoms with van der Waals surface area (Å²) in [6.45, 7) is 11.8. The molecule has 3 aromatic carbocycles. The van der Waals surface area contributed by atoms with Crippen molar-refractivity contribution in [2.75, 3.05) is 51.8 Å².